The van der Waals surface area contributed by atoms with Gasteiger partial charge in [-0.3, -0.25) is 4.98 Å². The standard InChI is InChI=1S/C47H32N4O/c1-47(2)40-24-21-33(27-39(40)37-22-23-38-36-15-6-7-16-41(36)52-43(38)42(37)47)32-12-8-13-34(26-32)46-50-44(30-10-4-3-5-11-30)49-45(51-46)31-19-17-29(18-20-31)35-14-9-25-48-28-35/h3-28H,1-2H3. The van der Waals surface area contributed by atoms with Crippen LogP contribution in [0.5, 0.6) is 0 Å². The summed E-state index contributed by atoms with van der Waals surface area (Å²) in [6.45, 7) is 4.61. The average molecular weight is 669 g/mol. The fourth-order valence-corrected chi connectivity index (χ4v) is 7.79. The first kappa shape index (κ1) is 30.1. The summed E-state index contributed by atoms with van der Waals surface area (Å²) in [5.74, 6) is 1.89. The van der Waals surface area contributed by atoms with Crippen molar-refractivity contribution >= 4 is 21.9 Å². The summed E-state index contributed by atoms with van der Waals surface area (Å²) in [6, 6.07) is 50.6. The minimum Gasteiger partial charge on any atom is -0.456 e. The lowest BCUT2D eigenvalue weighted by atomic mass is 9.81. The van der Waals surface area contributed by atoms with Crippen LogP contribution in [0.3, 0.4) is 0 Å². The lowest BCUT2D eigenvalue weighted by Crippen LogP contribution is -2.15. The topological polar surface area (TPSA) is 64.7 Å². The predicted molar refractivity (Wildman–Crippen MR) is 210 cm³/mol. The zero-order chi connectivity index (χ0) is 34.8. The number of para-hydroxylation sites is 1. The van der Waals surface area contributed by atoms with Crippen molar-refractivity contribution in [3.8, 4) is 67.5 Å². The number of hydrogen-bond donors (Lipinski definition) is 0. The summed E-state index contributed by atoms with van der Waals surface area (Å²) in [5.41, 5.74) is 13.9. The molecule has 0 saturated heterocycles. The second kappa shape index (κ2) is 11.7. The molecule has 0 amide bonds. The third-order valence-electron chi connectivity index (χ3n) is 10.4. The Kier molecular flexibility index (Phi) is 6.77. The number of fused-ring (bicyclic) bond motifs is 7. The lowest BCUT2D eigenvalue weighted by molar-refractivity contribution is 0.620. The molecule has 0 bridgehead atoms. The molecule has 246 valence electrons. The van der Waals surface area contributed by atoms with Gasteiger partial charge in [0.15, 0.2) is 17.5 Å². The molecule has 0 N–H and O–H groups in total. The summed E-state index contributed by atoms with van der Waals surface area (Å²) in [5, 5.41) is 2.32. The van der Waals surface area contributed by atoms with Crippen LogP contribution in [0, 0.1) is 0 Å². The first-order valence-corrected chi connectivity index (χ1v) is 17.5. The van der Waals surface area contributed by atoms with Gasteiger partial charge in [-0.2, -0.15) is 0 Å². The Labute approximate surface area is 301 Å². The van der Waals surface area contributed by atoms with Gasteiger partial charge in [-0.15, -0.1) is 0 Å². The van der Waals surface area contributed by atoms with E-state index in [1.54, 1.807) is 6.20 Å². The highest BCUT2D eigenvalue weighted by molar-refractivity contribution is 6.09. The number of nitrogens with zero attached hydrogens (tertiary/aromatic N) is 4. The largest absolute Gasteiger partial charge is 0.456 e. The van der Waals surface area contributed by atoms with Crippen LogP contribution in [0.4, 0.5) is 0 Å². The van der Waals surface area contributed by atoms with E-state index in [1.165, 1.54) is 27.6 Å². The van der Waals surface area contributed by atoms with Crippen LogP contribution in [0.2, 0.25) is 0 Å². The van der Waals surface area contributed by atoms with Crippen LogP contribution >= 0.6 is 0 Å². The Morgan fingerprint density at radius 1 is 0.462 bits per heavy atom. The van der Waals surface area contributed by atoms with Gasteiger partial charge in [-0.1, -0.05) is 129 Å². The van der Waals surface area contributed by atoms with Gasteiger partial charge in [0, 0.05) is 50.8 Å². The summed E-state index contributed by atoms with van der Waals surface area (Å²) in [4.78, 5) is 19.3. The SMILES string of the molecule is CC1(C)c2ccc(-c3cccc(-c4nc(-c5ccccc5)nc(-c5ccc(-c6cccnc6)cc5)n4)c3)cc2-c2ccc3c(oc4ccccc43)c21. The molecule has 3 aromatic heterocycles. The first-order valence-electron chi connectivity index (χ1n) is 17.5. The van der Waals surface area contributed by atoms with Gasteiger partial charge in [0.05, 0.1) is 0 Å². The quantitative estimate of drug-likeness (QED) is 0.183. The molecule has 0 aliphatic heterocycles. The van der Waals surface area contributed by atoms with E-state index < -0.39 is 0 Å². The van der Waals surface area contributed by atoms with Crippen LogP contribution in [0.1, 0.15) is 25.0 Å². The first-order chi connectivity index (χ1) is 25.5. The third kappa shape index (κ3) is 4.85. The zero-order valence-electron chi connectivity index (χ0n) is 28.7. The maximum atomic E-state index is 6.53. The molecule has 5 heteroatoms. The molecular weight excluding hydrogens is 637 g/mol. The number of hydrogen-bond acceptors (Lipinski definition) is 5. The van der Waals surface area contributed by atoms with Gasteiger partial charge in [0.1, 0.15) is 11.2 Å². The molecule has 0 spiro atoms. The van der Waals surface area contributed by atoms with Crippen LogP contribution in [0.25, 0.3) is 89.5 Å². The number of pyridine rings is 1. The molecule has 9 aromatic rings. The van der Waals surface area contributed by atoms with E-state index in [4.69, 9.17) is 19.4 Å². The predicted octanol–water partition coefficient (Wildman–Crippen LogP) is 11.8. The molecule has 0 atom stereocenters. The second-order valence-corrected chi connectivity index (χ2v) is 13.9. The average Bonchev–Trinajstić information content (AvgIpc) is 3.70. The second-order valence-electron chi connectivity index (χ2n) is 13.9. The number of rotatable bonds is 5. The maximum absolute atomic E-state index is 6.53. The molecule has 6 aromatic carbocycles. The van der Waals surface area contributed by atoms with Crippen molar-refractivity contribution < 1.29 is 4.42 Å². The van der Waals surface area contributed by atoms with Crippen molar-refractivity contribution in [2.75, 3.05) is 0 Å². The minimum absolute atomic E-state index is 0.205. The molecule has 0 fully saturated rings. The fourth-order valence-electron chi connectivity index (χ4n) is 7.79. The van der Waals surface area contributed by atoms with Crippen molar-refractivity contribution in [2.24, 2.45) is 0 Å². The zero-order valence-corrected chi connectivity index (χ0v) is 28.7. The maximum Gasteiger partial charge on any atom is 0.164 e. The van der Waals surface area contributed by atoms with Crippen molar-refractivity contribution in [1.29, 1.82) is 0 Å². The smallest absolute Gasteiger partial charge is 0.164 e. The van der Waals surface area contributed by atoms with E-state index in [0.717, 1.165) is 55.5 Å². The Morgan fingerprint density at radius 3 is 1.88 bits per heavy atom. The van der Waals surface area contributed by atoms with Crippen molar-refractivity contribution in [2.45, 2.75) is 19.3 Å². The minimum atomic E-state index is -0.205. The molecule has 5 nitrogen and oxygen atoms in total. The van der Waals surface area contributed by atoms with E-state index in [2.05, 4.69) is 122 Å². The Balaban J connectivity index is 1.06. The highest BCUT2D eigenvalue weighted by atomic mass is 16.3. The van der Waals surface area contributed by atoms with Gasteiger partial charge in [-0.05, 0) is 69.3 Å². The van der Waals surface area contributed by atoms with Gasteiger partial charge >= 0.3 is 0 Å². The van der Waals surface area contributed by atoms with Gasteiger partial charge in [0.25, 0.3) is 0 Å². The van der Waals surface area contributed by atoms with E-state index >= 15 is 0 Å². The highest BCUT2D eigenvalue weighted by Crippen LogP contribution is 2.53. The van der Waals surface area contributed by atoms with Crippen molar-refractivity contribution in [1.82, 2.24) is 19.9 Å². The number of furan rings is 1. The Hall–Kier alpha value is -6.72. The number of benzene rings is 6. The molecule has 0 saturated carbocycles. The van der Waals surface area contributed by atoms with Crippen LogP contribution < -0.4 is 0 Å². The molecule has 10 rings (SSSR count). The highest BCUT2D eigenvalue weighted by Gasteiger charge is 2.38. The van der Waals surface area contributed by atoms with E-state index in [0.29, 0.717) is 17.5 Å². The van der Waals surface area contributed by atoms with E-state index in [1.807, 2.05) is 48.7 Å². The summed E-state index contributed by atoms with van der Waals surface area (Å²) < 4.78 is 6.53. The monoisotopic (exact) mass is 668 g/mol. The molecule has 1 aliphatic rings. The normalized spacial score (nSPS) is 13.0. The molecule has 0 unspecified atom stereocenters. The van der Waals surface area contributed by atoms with Crippen molar-refractivity contribution in [3.63, 3.8) is 0 Å². The van der Waals surface area contributed by atoms with Gasteiger partial charge in [-0.25, -0.2) is 15.0 Å². The Morgan fingerprint density at radius 2 is 1.10 bits per heavy atom. The summed E-state index contributed by atoms with van der Waals surface area (Å²) in [6.07, 6.45) is 3.66. The Bertz CT molecular complexity index is 2800. The van der Waals surface area contributed by atoms with Crippen LogP contribution in [-0.4, -0.2) is 19.9 Å². The lowest BCUT2D eigenvalue weighted by Gasteiger charge is -2.21. The van der Waals surface area contributed by atoms with Crippen LogP contribution in [0.15, 0.2) is 162 Å². The molecule has 52 heavy (non-hydrogen) atoms. The van der Waals surface area contributed by atoms with E-state index in [9.17, 15) is 0 Å². The van der Waals surface area contributed by atoms with E-state index in [-0.39, 0.29) is 5.41 Å². The van der Waals surface area contributed by atoms with Crippen LogP contribution in [-0.2, 0) is 5.41 Å². The van der Waals surface area contributed by atoms with Gasteiger partial charge in [0.2, 0.25) is 0 Å². The van der Waals surface area contributed by atoms with Crippen molar-refractivity contribution in [3.05, 3.63) is 169 Å². The van der Waals surface area contributed by atoms with Gasteiger partial charge < -0.3 is 4.42 Å². The molecular formula is C47H32N4O. The molecule has 3 heterocycles. The fraction of sp³-hybridized carbons (Fsp3) is 0.0638. The summed E-state index contributed by atoms with van der Waals surface area (Å²) >= 11 is 0. The molecule has 0 radical (unpaired) electrons. The number of aromatic nitrogens is 4. The summed E-state index contributed by atoms with van der Waals surface area (Å²) in [7, 11) is 0. The third-order valence-corrected chi connectivity index (χ3v) is 10.4. The molecule has 1 aliphatic carbocycles.